The van der Waals surface area contributed by atoms with Crippen molar-refractivity contribution in [2.75, 3.05) is 13.2 Å². The summed E-state index contributed by atoms with van der Waals surface area (Å²) in [4.78, 5) is 0. The van der Waals surface area contributed by atoms with Gasteiger partial charge in [-0.15, -0.1) is 0 Å². The molecule has 0 N–H and O–H groups in total. The van der Waals surface area contributed by atoms with E-state index in [0.29, 0.717) is 0 Å². The van der Waals surface area contributed by atoms with Gasteiger partial charge in [-0.05, 0) is 50.9 Å². The normalized spacial score (nSPS) is 32.8. The molecule has 2 rings (SSSR count). The highest BCUT2D eigenvalue weighted by Gasteiger charge is 2.40. The Morgan fingerprint density at radius 2 is 1.88 bits per heavy atom. The fourth-order valence-corrected chi connectivity index (χ4v) is 4.48. The van der Waals surface area contributed by atoms with Crippen LogP contribution in [-0.2, 0) is 9.47 Å². The van der Waals surface area contributed by atoms with Gasteiger partial charge in [0.1, 0.15) is 5.41 Å². The summed E-state index contributed by atoms with van der Waals surface area (Å²) < 4.78 is 11.7. The lowest BCUT2D eigenvalue weighted by atomic mass is 9.90. The smallest absolute Gasteiger partial charge is 0.141 e. The summed E-state index contributed by atoms with van der Waals surface area (Å²) in [5.41, 5.74) is -0.230. The Kier molecular flexibility index (Phi) is 3.87. The first-order valence-electron chi connectivity index (χ1n) is 6.63. The summed E-state index contributed by atoms with van der Waals surface area (Å²) in [6.45, 7) is 5.65. The van der Waals surface area contributed by atoms with Crippen LogP contribution in [0.15, 0.2) is 12.2 Å². The third-order valence-corrected chi connectivity index (χ3v) is 4.93. The first-order valence-corrected chi connectivity index (χ1v) is 7.63. The highest BCUT2D eigenvalue weighted by Crippen LogP contribution is 2.46. The molecule has 92 valence electrons. The summed E-state index contributed by atoms with van der Waals surface area (Å²) >= 11 is 0. The second-order valence-corrected chi connectivity index (χ2v) is 6.77. The maximum atomic E-state index is 5.85. The quantitative estimate of drug-likeness (QED) is 0.399. The van der Waals surface area contributed by atoms with Crippen LogP contribution in [0, 0.1) is 17.8 Å². The first-order chi connectivity index (χ1) is 7.67. The van der Waals surface area contributed by atoms with Gasteiger partial charge in [0.25, 0.3) is 0 Å². The Labute approximate surface area is 102 Å². The number of hydrogen-bond acceptors (Lipinski definition) is 2. The van der Waals surface area contributed by atoms with Crippen LogP contribution in [0.3, 0.4) is 0 Å². The van der Waals surface area contributed by atoms with E-state index in [1.807, 2.05) is 0 Å². The minimum atomic E-state index is -0.230. The van der Waals surface area contributed by atoms with Crippen molar-refractivity contribution in [3.63, 3.8) is 0 Å². The van der Waals surface area contributed by atoms with Gasteiger partial charge in [-0.3, -0.25) is 0 Å². The highest BCUT2D eigenvalue weighted by atomic mass is 28.1. The molecule has 0 spiro atoms. The Balaban J connectivity index is 1.93. The van der Waals surface area contributed by atoms with Gasteiger partial charge >= 0.3 is 0 Å². The lowest BCUT2D eigenvalue weighted by Crippen LogP contribution is -2.39. The Morgan fingerprint density at radius 1 is 1.19 bits per heavy atom. The fourth-order valence-electron chi connectivity index (χ4n) is 3.38. The average molecular weight is 240 g/mol. The predicted molar refractivity (Wildman–Crippen MR) is 69.4 cm³/mol. The van der Waals surface area contributed by atoms with Gasteiger partial charge in [-0.25, -0.2) is 0 Å². The molecule has 2 aliphatic rings. The summed E-state index contributed by atoms with van der Waals surface area (Å²) in [6, 6.07) is 0. The van der Waals surface area contributed by atoms with Crippen molar-refractivity contribution >= 4 is 10.2 Å². The lowest BCUT2D eigenvalue weighted by molar-refractivity contribution is -0.184. The van der Waals surface area contributed by atoms with Gasteiger partial charge < -0.3 is 9.47 Å². The van der Waals surface area contributed by atoms with Gasteiger partial charge in [-0.1, -0.05) is 12.2 Å². The second-order valence-electron chi connectivity index (χ2n) is 5.24. The van der Waals surface area contributed by atoms with E-state index in [2.05, 4.69) is 26.0 Å². The van der Waals surface area contributed by atoms with Crippen LogP contribution < -0.4 is 0 Å². The summed E-state index contributed by atoms with van der Waals surface area (Å²) in [5.74, 6) is 2.45. The van der Waals surface area contributed by atoms with Crippen molar-refractivity contribution in [3.05, 3.63) is 12.2 Å². The molecular weight excluding hydrogens is 216 g/mol. The van der Waals surface area contributed by atoms with E-state index in [4.69, 9.17) is 9.47 Å². The maximum absolute atomic E-state index is 5.85. The molecule has 3 unspecified atom stereocenters. The number of allylic oxidation sites excluding steroid dienone is 2. The van der Waals surface area contributed by atoms with Gasteiger partial charge in [0.05, 0.1) is 10.2 Å². The minimum Gasteiger partial charge on any atom is -0.355 e. The fraction of sp³-hybridized carbons (Fsp3) is 0.846. The van der Waals surface area contributed by atoms with Gasteiger partial charge in [0.15, 0.2) is 0 Å². The molecule has 3 heteroatoms. The van der Waals surface area contributed by atoms with Gasteiger partial charge in [0.2, 0.25) is 0 Å². The van der Waals surface area contributed by atoms with Crippen LogP contribution in [-0.4, -0.2) is 28.9 Å². The first kappa shape index (κ1) is 12.3. The molecule has 2 bridgehead atoms. The summed E-state index contributed by atoms with van der Waals surface area (Å²) in [7, 11) is 0.963. The van der Waals surface area contributed by atoms with Crippen LogP contribution in [0.25, 0.3) is 0 Å². The number of hydrogen-bond donors (Lipinski definition) is 0. The zero-order valence-corrected chi connectivity index (χ0v) is 12.7. The van der Waals surface area contributed by atoms with Crippen molar-refractivity contribution in [2.24, 2.45) is 17.8 Å². The predicted octanol–water partition coefficient (Wildman–Crippen LogP) is 1.68. The van der Waals surface area contributed by atoms with Crippen molar-refractivity contribution < 1.29 is 9.47 Å². The molecule has 0 aliphatic heterocycles. The molecule has 0 radical (unpaired) electrons. The molecule has 2 aliphatic carbocycles. The minimum absolute atomic E-state index is 0.230. The van der Waals surface area contributed by atoms with E-state index in [-0.39, 0.29) is 5.41 Å². The van der Waals surface area contributed by atoms with Gasteiger partial charge in [-0.2, -0.15) is 0 Å². The number of ether oxygens (including phenoxy) is 2. The van der Waals surface area contributed by atoms with Crippen LogP contribution in [0.4, 0.5) is 0 Å². The Hall–Kier alpha value is -0.123. The molecule has 2 nitrogen and oxygen atoms in total. The van der Waals surface area contributed by atoms with Crippen molar-refractivity contribution in [2.45, 2.75) is 38.5 Å². The lowest BCUT2D eigenvalue weighted by Gasteiger charge is -2.34. The monoisotopic (exact) mass is 240 g/mol. The molecule has 0 aromatic rings. The molecule has 1 fully saturated rings. The van der Waals surface area contributed by atoms with E-state index in [0.717, 1.165) is 47.6 Å². The van der Waals surface area contributed by atoms with Crippen molar-refractivity contribution in [1.29, 1.82) is 0 Å². The number of rotatable bonds is 6. The summed E-state index contributed by atoms with van der Waals surface area (Å²) in [6.07, 6.45) is 8.65. The molecule has 0 aromatic heterocycles. The van der Waals surface area contributed by atoms with E-state index in [9.17, 15) is 0 Å². The molecule has 0 heterocycles. The second kappa shape index (κ2) is 5.03. The zero-order valence-electron chi connectivity index (χ0n) is 10.7. The molecule has 0 saturated heterocycles. The Bertz CT molecular complexity index is 259. The largest absolute Gasteiger partial charge is 0.355 e. The molecule has 0 amide bonds. The molecule has 16 heavy (non-hydrogen) atoms. The van der Waals surface area contributed by atoms with E-state index in [1.54, 1.807) is 0 Å². The van der Waals surface area contributed by atoms with Crippen LogP contribution in [0.5, 0.6) is 0 Å². The van der Waals surface area contributed by atoms with Crippen molar-refractivity contribution in [1.82, 2.24) is 0 Å². The van der Waals surface area contributed by atoms with Crippen LogP contribution >= 0.6 is 0 Å². The van der Waals surface area contributed by atoms with E-state index < -0.39 is 0 Å². The molecular formula is C13H24O2Si. The maximum Gasteiger partial charge on any atom is 0.141 e. The standard InChI is InChI=1S/C13H24O2Si/c1-3-14-13(16,15-4-2)9-12-8-10-5-6-11(12)7-10/h5-6,10-12H,3-4,7-9H2,1-2,16H3. The molecule has 3 atom stereocenters. The average Bonchev–Trinajstić information content (AvgIpc) is 2.79. The Morgan fingerprint density at radius 3 is 2.31 bits per heavy atom. The van der Waals surface area contributed by atoms with Crippen LogP contribution in [0.2, 0.25) is 0 Å². The topological polar surface area (TPSA) is 18.5 Å². The molecule has 0 aromatic carbocycles. The summed E-state index contributed by atoms with van der Waals surface area (Å²) in [5, 5.41) is 0. The number of fused-ring (bicyclic) bond motifs is 2. The molecule has 1 saturated carbocycles. The highest BCUT2D eigenvalue weighted by molar-refractivity contribution is 6.13. The van der Waals surface area contributed by atoms with Crippen molar-refractivity contribution in [3.8, 4) is 0 Å². The third-order valence-electron chi connectivity index (χ3n) is 3.95. The van der Waals surface area contributed by atoms with Gasteiger partial charge in [0, 0.05) is 13.2 Å². The zero-order chi connectivity index (χ0) is 11.6. The van der Waals surface area contributed by atoms with E-state index in [1.165, 1.54) is 12.8 Å². The SMILES string of the molecule is CCOC([SiH3])(CC1CC2C=CC1C2)OCC. The van der Waals surface area contributed by atoms with Crippen LogP contribution in [0.1, 0.15) is 33.1 Å². The third kappa shape index (κ3) is 2.58. The van der Waals surface area contributed by atoms with E-state index >= 15 is 0 Å².